The van der Waals surface area contributed by atoms with Gasteiger partial charge < -0.3 is 10.2 Å². The zero-order valence-corrected chi connectivity index (χ0v) is 16.7. The summed E-state index contributed by atoms with van der Waals surface area (Å²) in [5.74, 6) is 0.164. The van der Waals surface area contributed by atoms with Crippen LogP contribution in [0.3, 0.4) is 0 Å². The van der Waals surface area contributed by atoms with Gasteiger partial charge in [-0.25, -0.2) is 4.98 Å². The predicted molar refractivity (Wildman–Crippen MR) is 114 cm³/mol. The number of nitro benzene ring substituents is 1. The third kappa shape index (κ3) is 4.37. The summed E-state index contributed by atoms with van der Waals surface area (Å²) in [6, 6.07) is 14.5. The summed E-state index contributed by atoms with van der Waals surface area (Å²) in [6.07, 6.45) is 3.15. The molecule has 1 atom stereocenters. The summed E-state index contributed by atoms with van der Waals surface area (Å²) in [6.45, 7) is 1.43. The molecule has 7 nitrogen and oxygen atoms in total. The fraction of sp³-hybridized carbons (Fsp3) is 0.333. The molecule has 0 aliphatic carbocycles. The van der Waals surface area contributed by atoms with E-state index in [0.717, 1.165) is 40.3 Å². The summed E-state index contributed by atoms with van der Waals surface area (Å²) < 4.78 is 1.16. The Labute approximate surface area is 172 Å². The van der Waals surface area contributed by atoms with Gasteiger partial charge in [-0.3, -0.25) is 14.9 Å². The maximum Gasteiger partial charge on any atom is 0.269 e. The number of hydrogen-bond donors (Lipinski definition) is 1. The number of para-hydroxylation sites is 1. The van der Waals surface area contributed by atoms with E-state index in [0.29, 0.717) is 19.4 Å². The fourth-order valence-electron chi connectivity index (χ4n) is 3.67. The summed E-state index contributed by atoms with van der Waals surface area (Å²) in [4.78, 5) is 29.8. The van der Waals surface area contributed by atoms with Crippen LogP contribution in [0.1, 0.15) is 36.7 Å². The van der Waals surface area contributed by atoms with Crippen molar-refractivity contribution in [3.05, 3.63) is 63.7 Å². The molecule has 8 heteroatoms. The first-order chi connectivity index (χ1) is 14.1. The van der Waals surface area contributed by atoms with Gasteiger partial charge in [0, 0.05) is 37.3 Å². The second-order valence-electron chi connectivity index (χ2n) is 7.10. The van der Waals surface area contributed by atoms with Crippen molar-refractivity contribution in [1.82, 2.24) is 9.88 Å². The molecule has 3 aromatic rings. The van der Waals surface area contributed by atoms with E-state index in [9.17, 15) is 14.9 Å². The standard InChI is InChI=1S/C21H22N4O3S/c26-20(8-3-13-22-15-9-11-16(12-10-15)25(27)28)24-14-4-6-18(24)21-23-17-5-1-2-7-19(17)29-21/h1-2,5,7,9-12,18,22H,3-4,6,8,13-14H2. The van der Waals surface area contributed by atoms with Gasteiger partial charge in [0.2, 0.25) is 5.91 Å². The number of carbonyl (C=O) groups excluding carboxylic acids is 1. The van der Waals surface area contributed by atoms with Crippen molar-refractivity contribution >= 4 is 38.8 Å². The molecule has 1 aromatic heterocycles. The molecule has 29 heavy (non-hydrogen) atoms. The molecule has 2 heterocycles. The molecule has 1 aliphatic rings. The van der Waals surface area contributed by atoms with Crippen LogP contribution in [0.4, 0.5) is 11.4 Å². The molecular weight excluding hydrogens is 388 g/mol. The van der Waals surface area contributed by atoms with Crippen molar-refractivity contribution in [2.45, 2.75) is 31.7 Å². The van der Waals surface area contributed by atoms with Crippen LogP contribution >= 0.6 is 11.3 Å². The predicted octanol–water partition coefficient (Wildman–Crippen LogP) is 4.76. The smallest absolute Gasteiger partial charge is 0.269 e. The van der Waals surface area contributed by atoms with Crippen LogP contribution in [-0.4, -0.2) is 33.8 Å². The number of thiazole rings is 1. The number of nitrogens with zero attached hydrogens (tertiary/aromatic N) is 3. The van der Waals surface area contributed by atoms with Gasteiger partial charge in [-0.1, -0.05) is 12.1 Å². The number of benzene rings is 2. The summed E-state index contributed by atoms with van der Waals surface area (Å²) in [7, 11) is 0. The highest BCUT2D eigenvalue weighted by Gasteiger charge is 2.31. The Hall–Kier alpha value is -3.00. The minimum Gasteiger partial charge on any atom is -0.385 e. The highest BCUT2D eigenvalue weighted by atomic mass is 32.1. The molecule has 2 aromatic carbocycles. The zero-order valence-electron chi connectivity index (χ0n) is 15.9. The number of non-ortho nitro benzene ring substituents is 1. The monoisotopic (exact) mass is 410 g/mol. The van der Waals surface area contributed by atoms with Crippen molar-refractivity contribution in [3.63, 3.8) is 0 Å². The number of amides is 1. The lowest BCUT2D eigenvalue weighted by molar-refractivity contribution is -0.384. The number of rotatable bonds is 7. The number of aromatic nitrogens is 1. The average molecular weight is 410 g/mol. The number of hydrogen-bond acceptors (Lipinski definition) is 6. The first kappa shape index (κ1) is 19.3. The van der Waals surface area contributed by atoms with Crippen LogP contribution < -0.4 is 5.32 Å². The van der Waals surface area contributed by atoms with Gasteiger partial charge in [0.25, 0.3) is 5.69 Å². The molecular formula is C21H22N4O3S. The van der Waals surface area contributed by atoms with E-state index in [2.05, 4.69) is 11.4 Å². The molecule has 150 valence electrons. The van der Waals surface area contributed by atoms with Crippen LogP contribution in [-0.2, 0) is 4.79 Å². The third-order valence-electron chi connectivity index (χ3n) is 5.14. The molecule has 1 aliphatic heterocycles. The van der Waals surface area contributed by atoms with E-state index >= 15 is 0 Å². The number of anilines is 1. The number of carbonyl (C=O) groups is 1. The topological polar surface area (TPSA) is 88.4 Å². The number of nitrogens with one attached hydrogen (secondary N) is 1. The molecule has 1 fully saturated rings. The Bertz CT molecular complexity index is 985. The molecule has 0 spiro atoms. The Balaban J connectivity index is 1.30. The van der Waals surface area contributed by atoms with Crippen molar-refractivity contribution in [1.29, 1.82) is 0 Å². The van der Waals surface area contributed by atoms with Crippen molar-refractivity contribution in [2.24, 2.45) is 0 Å². The Morgan fingerprint density at radius 2 is 2.03 bits per heavy atom. The highest BCUT2D eigenvalue weighted by molar-refractivity contribution is 7.18. The Kier molecular flexibility index (Phi) is 5.71. The minimum absolute atomic E-state index is 0.0700. The van der Waals surface area contributed by atoms with Crippen LogP contribution in [0, 0.1) is 10.1 Å². The molecule has 1 amide bonds. The van der Waals surface area contributed by atoms with Crippen molar-refractivity contribution in [2.75, 3.05) is 18.4 Å². The third-order valence-corrected chi connectivity index (χ3v) is 6.28. The quantitative estimate of drug-likeness (QED) is 0.345. The first-order valence-corrected chi connectivity index (χ1v) is 10.6. The van der Waals surface area contributed by atoms with Crippen LogP contribution in [0.25, 0.3) is 10.2 Å². The van der Waals surface area contributed by atoms with Gasteiger partial charge in [0.1, 0.15) is 5.01 Å². The maximum absolute atomic E-state index is 12.8. The van der Waals surface area contributed by atoms with Gasteiger partial charge in [-0.05, 0) is 43.5 Å². The maximum atomic E-state index is 12.8. The number of nitro groups is 1. The van der Waals surface area contributed by atoms with Crippen molar-refractivity contribution in [3.8, 4) is 0 Å². The zero-order chi connectivity index (χ0) is 20.2. The van der Waals surface area contributed by atoms with Crippen molar-refractivity contribution < 1.29 is 9.72 Å². The largest absolute Gasteiger partial charge is 0.385 e. The Morgan fingerprint density at radius 3 is 2.79 bits per heavy atom. The van der Waals surface area contributed by atoms with E-state index in [4.69, 9.17) is 4.98 Å². The summed E-state index contributed by atoms with van der Waals surface area (Å²) in [5.41, 5.74) is 1.89. The van der Waals surface area contributed by atoms with Crippen LogP contribution in [0.2, 0.25) is 0 Å². The second kappa shape index (κ2) is 8.57. The van der Waals surface area contributed by atoms with E-state index in [1.165, 1.54) is 12.1 Å². The van der Waals surface area contributed by atoms with Gasteiger partial charge >= 0.3 is 0 Å². The van der Waals surface area contributed by atoms with Gasteiger partial charge in [0.15, 0.2) is 0 Å². The van der Waals surface area contributed by atoms with E-state index in [1.54, 1.807) is 23.5 Å². The molecule has 4 rings (SSSR count). The van der Waals surface area contributed by atoms with Gasteiger partial charge in [0.05, 0.1) is 21.2 Å². The lowest BCUT2D eigenvalue weighted by Gasteiger charge is -2.23. The molecule has 1 saturated heterocycles. The van der Waals surface area contributed by atoms with E-state index in [1.807, 2.05) is 23.1 Å². The Morgan fingerprint density at radius 1 is 1.24 bits per heavy atom. The molecule has 0 radical (unpaired) electrons. The molecule has 1 unspecified atom stereocenters. The molecule has 1 N–H and O–H groups in total. The van der Waals surface area contributed by atoms with E-state index < -0.39 is 4.92 Å². The van der Waals surface area contributed by atoms with Gasteiger partial charge in [-0.15, -0.1) is 11.3 Å². The second-order valence-corrected chi connectivity index (χ2v) is 8.16. The average Bonchev–Trinajstić information content (AvgIpc) is 3.38. The highest BCUT2D eigenvalue weighted by Crippen LogP contribution is 2.36. The van der Waals surface area contributed by atoms with Gasteiger partial charge in [-0.2, -0.15) is 0 Å². The first-order valence-electron chi connectivity index (χ1n) is 9.75. The molecule has 0 bridgehead atoms. The summed E-state index contributed by atoms with van der Waals surface area (Å²) >= 11 is 1.68. The van der Waals surface area contributed by atoms with Crippen LogP contribution in [0.5, 0.6) is 0 Å². The minimum atomic E-state index is -0.416. The van der Waals surface area contributed by atoms with Crippen LogP contribution in [0.15, 0.2) is 48.5 Å². The van der Waals surface area contributed by atoms with E-state index in [-0.39, 0.29) is 17.6 Å². The normalized spacial score (nSPS) is 16.3. The molecule has 0 saturated carbocycles. The fourth-order valence-corrected chi connectivity index (χ4v) is 4.79. The lowest BCUT2D eigenvalue weighted by atomic mass is 10.2. The SMILES string of the molecule is O=C(CCCNc1ccc([N+](=O)[O-])cc1)N1CCCC1c1nc2ccccc2s1. The number of likely N-dealkylation sites (tertiary alicyclic amines) is 1. The number of fused-ring (bicyclic) bond motifs is 1. The lowest BCUT2D eigenvalue weighted by Crippen LogP contribution is -2.30. The summed E-state index contributed by atoms with van der Waals surface area (Å²) in [5, 5.41) is 14.9.